The Morgan fingerprint density at radius 3 is 2.63 bits per heavy atom. The molecule has 100 valence electrons. The second-order valence-corrected chi connectivity index (χ2v) is 4.51. The molecule has 0 spiro atoms. The van der Waals surface area contributed by atoms with Crippen LogP contribution in [0, 0.1) is 0 Å². The summed E-state index contributed by atoms with van der Waals surface area (Å²) in [5.74, 6) is 0.692. The minimum absolute atomic E-state index is 0.324. The van der Waals surface area contributed by atoms with E-state index in [0.29, 0.717) is 23.1 Å². The number of methoxy groups -OCH3 is 2. The van der Waals surface area contributed by atoms with Crippen LogP contribution >= 0.6 is 15.9 Å². The lowest BCUT2D eigenvalue weighted by Gasteiger charge is -2.14. The molecule has 0 fully saturated rings. The van der Waals surface area contributed by atoms with Crippen LogP contribution in [0.2, 0.25) is 0 Å². The van der Waals surface area contributed by atoms with Crippen LogP contribution in [0.3, 0.4) is 0 Å². The van der Waals surface area contributed by atoms with Crippen molar-refractivity contribution in [3.8, 4) is 11.8 Å². The zero-order chi connectivity index (χ0) is 13.8. The summed E-state index contributed by atoms with van der Waals surface area (Å²) in [7, 11) is 3.02. The van der Waals surface area contributed by atoms with E-state index in [1.165, 1.54) is 20.4 Å². The monoisotopic (exact) mass is 324 g/mol. The molecule has 2 aromatic heterocycles. The molecule has 0 saturated carbocycles. The van der Waals surface area contributed by atoms with Gasteiger partial charge in [-0.2, -0.15) is 4.98 Å². The Morgan fingerprint density at radius 2 is 2.00 bits per heavy atom. The number of pyridine rings is 1. The molecule has 0 amide bonds. The molecule has 2 aromatic rings. The van der Waals surface area contributed by atoms with Crippen molar-refractivity contribution in [2.45, 2.75) is 6.04 Å². The summed E-state index contributed by atoms with van der Waals surface area (Å²) in [5, 5.41) is 0. The first-order chi connectivity index (χ1) is 9.17. The molecule has 0 saturated heterocycles. The maximum absolute atomic E-state index is 6.17. The van der Waals surface area contributed by atoms with Crippen LogP contribution in [-0.2, 0) is 0 Å². The molecule has 2 heterocycles. The van der Waals surface area contributed by atoms with E-state index in [0.717, 1.165) is 4.47 Å². The molecule has 2 rings (SSSR count). The van der Waals surface area contributed by atoms with E-state index < -0.39 is 6.04 Å². The fourth-order valence-corrected chi connectivity index (χ4v) is 2.09. The minimum Gasteiger partial charge on any atom is -0.480 e. The Bertz CT molecular complexity index is 579. The number of ether oxygens (including phenoxy) is 2. The van der Waals surface area contributed by atoms with E-state index in [4.69, 9.17) is 15.2 Å². The molecule has 1 atom stereocenters. The highest BCUT2D eigenvalue weighted by molar-refractivity contribution is 9.10. The van der Waals surface area contributed by atoms with Gasteiger partial charge in [0.25, 0.3) is 0 Å². The third-order valence-corrected chi connectivity index (χ3v) is 3.19. The molecule has 0 bridgehead atoms. The summed E-state index contributed by atoms with van der Waals surface area (Å²) >= 11 is 3.41. The Kier molecular flexibility index (Phi) is 4.28. The van der Waals surface area contributed by atoms with Crippen LogP contribution < -0.4 is 15.2 Å². The Morgan fingerprint density at radius 1 is 1.21 bits per heavy atom. The van der Waals surface area contributed by atoms with Crippen LogP contribution in [0.4, 0.5) is 0 Å². The predicted octanol–water partition coefficient (Wildman–Crippen LogP) is 1.70. The Hall–Kier alpha value is -1.73. The summed E-state index contributed by atoms with van der Waals surface area (Å²) in [6, 6.07) is 3.15. The molecule has 0 radical (unpaired) electrons. The van der Waals surface area contributed by atoms with Gasteiger partial charge in [0.2, 0.25) is 11.8 Å². The molecule has 0 aliphatic heterocycles. The average Bonchev–Trinajstić information content (AvgIpc) is 2.46. The normalized spacial score (nSPS) is 12.0. The summed E-state index contributed by atoms with van der Waals surface area (Å²) in [4.78, 5) is 12.6. The van der Waals surface area contributed by atoms with Crippen LogP contribution in [0.15, 0.2) is 29.0 Å². The highest BCUT2D eigenvalue weighted by Gasteiger charge is 2.20. The lowest BCUT2D eigenvalue weighted by Crippen LogP contribution is -2.17. The van der Waals surface area contributed by atoms with Crippen molar-refractivity contribution in [3.63, 3.8) is 0 Å². The van der Waals surface area contributed by atoms with E-state index in [1.807, 2.05) is 12.1 Å². The lowest BCUT2D eigenvalue weighted by molar-refractivity contribution is 0.355. The fraction of sp³-hybridized carbons (Fsp3) is 0.250. The van der Waals surface area contributed by atoms with Gasteiger partial charge in [0.15, 0.2) is 0 Å². The molecular formula is C12H13BrN4O2. The second-order valence-electron chi connectivity index (χ2n) is 3.66. The Balaban J connectivity index is 2.44. The van der Waals surface area contributed by atoms with Gasteiger partial charge in [0.1, 0.15) is 5.69 Å². The maximum Gasteiger partial charge on any atom is 0.240 e. The quantitative estimate of drug-likeness (QED) is 0.921. The number of hydrogen-bond acceptors (Lipinski definition) is 6. The number of nitrogens with two attached hydrogens (primary N) is 1. The summed E-state index contributed by atoms with van der Waals surface area (Å²) in [5.41, 5.74) is 7.34. The van der Waals surface area contributed by atoms with Gasteiger partial charge < -0.3 is 15.2 Å². The fourth-order valence-electron chi connectivity index (χ4n) is 1.58. The van der Waals surface area contributed by atoms with Gasteiger partial charge in [0.05, 0.1) is 32.2 Å². The van der Waals surface area contributed by atoms with E-state index in [-0.39, 0.29) is 0 Å². The van der Waals surface area contributed by atoms with Crippen molar-refractivity contribution >= 4 is 15.9 Å². The molecular weight excluding hydrogens is 312 g/mol. The second kappa shape index (κ2) is 5.94. The predicted molar refractivity (Wildman–Crippen MR) is 73.1 cm³/mol. The number of nitrogens with zero attached hydrogens (tertiary/aromatic N) is 3. The van der Waals surface area contributed by atoms with Crippen LogP contribution in [0.1, 0.15) is 17.4 Å². The Labute approximate surface area is 119 Å². The zero-order valence-corrected chi connectivity index (χ0v) is 12.1. The largest absolute Gasteiger partial charge is 0.480 e. The number of halogens is 1. The SMILES string of the molecule is COc1cnc(C(N)c2ncccc2Br)c(OC)n1. The van der Waals surface area contributed by atoms with Crippen molar-refractivity contribution in [2.75, 3.05) is 14.2 Å². The topological polar surface area (TPSA) is 83.2 Å². The molecule has 1 unspecified atom stereocenters. The smallest absolute Gasteiger partial charge is 0.240 e. The highest BCUT2D eigenvalue weighted by Crippen LogP contribution is 2.28. The van der Waals surface area contributed by atoms with Crippen molar-refractivity contribution in [3.05, 3.63) is 40.4 Å². The number of aromatic nitrogens is 3. The molecule has 6 nitrogen and oxygen atoms in total. The van der Waals surface area contributed by atoms with Crippen molar-refractivity contribution in [1.82, 2.24) is 15.0 Å². The first kappa shape index (κ1) is 13.7. The highest BCUT2D eigenvalue weighted by atomic mass is 79.9. The van der Waals surface area contributed by atoms with Crippen LogP contribution in [0.25, 0.3) is 0 Å². The van der Waals surface area contributed by atoms with Gasteiger partial charge in [-0.1, -0.05) is 0 Å². The maximum atomic E-state index is 6.17. The molecule has 0 aliphatic rings. The third-order valence-electron chi connectivity index (χ3n) is 2.52. The van der Waals surface area contributed by atoms with Gasteiger partial charge in [-0.15, -0.1) is 0 Å². The first-order valence-electron chi connectivity index (χ1n) is 5.48. The van der Waals surface area contributed by atoms with E-state index >= 15 is 0 Å². The summed E-state index contributed by atoms with van der Waals surface area (Å²) in [6.07, 6.45) is 3.16. The van der Waals surface area contributed by atoms with Crippen LogP contribution in [0.5, 0.6) is 11.8 Å². The average molecular weight is 325 g/mol. The van der Waals surface area contributed by atoms with E-state index in [2.05, 4.69) is 30.9 Å². The molecule has 19 heavy (non-hydrogen) atoms. The van der Waals surface area contributed by atoms with E-state index in [1.54, 1.807) is 6.20 Å². The summed E-state index contributed by atoms with van der Waals surface area (Å²) < 4.78 is 11.0. The van der Waals surface area contributed by atoms with Gasteiger partial charge in [0, 0.05) is 10.7 Å². The lowest BCUT2D eigenvalue weighted by atomic mass is 10.1. The van der Waals surface area contributed by atoms with Gasteiger partial charge in [-0.3, -0.25) is 4.98 Å². The van der Waals surface area contributed by atoms with Gasteiger partial charge >= 0.3 is 0 Å². The molecule has 0 aromatic carbocycles. The third kappa shape index (κ3) is 2.82. The van der Waals surface area contributed by atoms with Crippen molar-refractivity contribution in [1.29, 1.82) is 0 Å². The molecule has 2 N–H and O–H groups in total. The standard InChI is InChI=1S/C12H13BrN4O2/c1-18-8-6-16-11(12(17-8)19-2)9(14)10-7(13)4-3-5-15-10/h3-6,9H,14H2,1-2H3. The number of hydrogen-bond donors (Lipinski definition) is 1. The zero-order valence-electron chi connectivity index (χ0n) is 10.5. The molecule has 0 aliphatic carbocycles. The van der Waals surface area contributed by atoms with Gasteiger partial charge in [-0.05, 0) is 28.1 Å². The van der Waals surface area contributed by atoms with Crippen molar-refractivity contribution in [2.24, 2.45) is 5.73 Å². The van der Waals surface area contributed by atoms with Gasteiger partial charge in [-0.25, -0.2) is 4.98 Å². The first-order valence-corrected chi connectivity index (χ1v) is 6.27. The minimum atomic E-state index is -0.538. The van der Waals surface area contributed by atoms with Crippen molar-refractivity contribution < 1.29 is 9.47 Å². The van der Waals surface area contributed by atoms with Crippen LogP contribution in [-0.4, -0.2) is 29.2 Å². The number of rotatable bonds is 4. The molecule has 7 heteroatoms. The summed E-state index contributed by atoms with van der Waals surface area (Å²) in [6.45, 7) is 0. The van der Waals surface area contributed by atoms with E-state index in [9.17, 15) is 0 Å².